The minimum absolute atomic E-state index is 0.0954. The van der Waals surface area contributed by atoms with Gasteiger partial charge in [0.15, 0.2) is 0 Å². The van der Waals surface area contributed by atoms with Crippen LogP contribution in [-0.2, 0) is 18.2 Å². The first-order valence-corrected chi connectivity index (χ1v) is 6.69. The zero-order chi connectivity index (χ0) is 13.0. The van der Waals surface area contributed by atoms with Crippen molar-refractivity contribution in [1.82, 2.24) is 14.5 Å². The third-order valence-electron chi connectivity index (χ3n) is 3.46. The second kappa shape index (κ2) is 6.31. The van der Waals surface area contributed by atoms with E-state index >= 15 is 0 Å². The summed E-state index contributed by atoms with van der Waals surface area (Å²) in [5, 5.41) is 10.3. The smallest absolute Gasteiger partial charge is 0.111 e. The summed E-state index contributed by atoms with van der Waals surface area (Å²) in [5.41, 5.74) is 0. The molecule has 0 bridgehead atoms. The molecule has 1 aliphatic rings. The van der Waals surface area contributed by atoms with Gasteiger partial charge in [-0.3, -0.25) is 4.90 Å². The van der Waals surface area contributed by atoms with Crippen LogP contribution in [0.5, 0.6) is 0 Å². The average Bonchev–Trinajstić information content (AvgIpc) is 2.76. The van der Waals surface area contributed by atoms with Crippen molar-refractivity contribution < 1.29 is 9.84 Å². The van der Waals surface area contributed by atoms with Crippen molar-refractivity contribution in [3.63, 3.8) is 0 Å². The lowest BCUT2D eigenvalue weighted by Crippen LogP contribution is -2.48. The SMILES string of the molecule is CCCN1CCOC(C(O)Cc2nccn2C)C1. The van der Waals surface area contributed by atoms with E-state index in [0.717, 1.165) is 31.9 Å². The second-order valence-electron chi connectivity index (χ2n) is 4.94. The van der Waals surface area contributed by atoms with Gasteiger partial charge in [0.05, 0.1) is 18.8 Å². The van der Waals surface area contributed by atoms with Gasteiger partial charge in [0.25, 0.3) is 0 Å². The van der Waals surface area contributed by atoms with Gasteiger partial charge in [0, 0.05) is 39.0 Å². The predicted octanol–water partition coefficient (Wildman–Crippen LogP) is 0.434. The minimum Gasteiger partial charge on any atom is -0.390 e. The molecular formula is C13H23N3O2. The van der Waals surface area contributed by atoms with Gasteiger partial charge in [-0.15, -0.1) is 0 Å². The van der Waals surface area contributed by atoms with E-state index in [9.17, 15) is 5.11 Å². The van der Waals surface area contributed by atoms with Crippen LogP contribution in [0.2, 0.25) is 0 Å². The number of morpholine rings is 1. The van der Waals surface area contributed by atoms with Crippen molar-refractivity contribution in [2.75, 3.05) is 26.2 Å². The van der Waals surface area contributed by atoms with Crippen LogP contribution in [0, 0.1) is 0 Å². The fraction of sp³-hybridized carbons (Fsp3) is 0.769. The molecular weight excluding hydrogens is 230 g/mol. The highest BCUT2D eigenvalue weighted by atomic mass is 16.5. The Hall–Kier alpha value is -0.910. The molecule has 2 heterocycles. The molecule has 5 nitrogen and oxygen atoms in total. The first kappa shape index (κ1) is 13.5. The number of hydrogen-bond acceptors (Lipinski definition) is 4. The van der Waals surface area contributed by atoms with Crippen LogP contribution in [0.25, 0.3) is 0 Å². The molecule has 102 valence electrons. The van der Waals surface area contributed by atoms with Crippen LogP contribution in [0.4, 0.5) is 0 Å². The summed E-state index contributed by atoms with van der Waals surface area (Å²) < 4.78 is 7.62. The summed E-state index contributed by atoms with van der Waals surface area (Å²) in [7, 11) is 1.94. The molecule has 1 aromatic heterocycles. The van der Waals surface area contributed by atoms with Crippen molar-refractivity contribution in [2.45, 2.75) is 32.0 Å². The molecule has 1 saturated heterocycles. The van der Waals surface area contributed by atoms with Gasteiger partial charge in [0.2, 0.25) is 0 Å². The van der Waals surface area contributed by atoms with Gasteiger partial charge in [0.1, 0.15) is 5.82 Å². The summed E-state index contributed by atoms with van der Waals surface area (Å²) in [5.74, 6) is 0.902. The topological polar surface area (TPSA) is 50.5 Å². The average molecular weight is 253 g/mol. The number of aromatic nitrogens is 2. The Morgan fingerprint density at radius 3 is 3.11 bits per heavy atom. The normalized spacial score (nSPS) is 23.2. The van der Waals surface area contributed by atoms with Crippen molar-refractivity contribution in [2.24, 2.45) is 7.05 Å². The lowest BCUT2D eigenvalue weighted by Gasteiger charge is -2.35. The molecule has 18 heavy (non-hydrogen) atoms. The zero-order valence-electron chi connectivity index (χ0n) is 11.2. The van der Waals surface area contributed by atoms with Crippen LogP contribution in [0.1, 0.15) is 19.2 Å². The second-order valence-corrected chi connectivity index (χ2v) is 4.94. The third kappa shape index (κ3) is 3.31. The maximum atomic E-state index is 10.3. The quantitative estimate of drug-likeness (QED) is 0.827. The van der Waals surface area contributed by atoms with Crippen molar-refractivity contribution in [1.29, 1.82) is 0 Å². The highest BCUT2D eigenvalue weighted by Crippen LogP contribution is 2.12. The van der Waals surface area contributed by atoms with Crippen LogP contribution < -0.4 is 0 Å². The molecule has 0 spiro atoms. The molecule has 0 aromatic carbocycles. The summed E-state index contributed by atoms with van der Waals surface area (Å²) in [6, 6.07) is 0. The fourth-order valence-electron chi connectivity index (χ4n) is 2.40. The Morgan fingerprint density at radius 2 is 2.44 bits per heavy atom. The number of imidazole rings is 1. The van der Waals surface area contributed by atoms with Gasteiger partial charge in [-0.2, -0.15) is 0 Å². The molecule has 2 rings (SSSR count). The summed E-state index contributed by atoms with van der Waals surface area (Å²) in [6.07, 6.45) is 4.77. The molecule has 1 N–H and O–H groups in total. The first-order chi connectivity index (χ1) is 8.70. The largest absolute Gasteiger partial charge is 0.390 e. The standard InChI is InChI=1S/C13H23N3O2/c1-3-5-16-7-8-18-12(10-16)11(17)9-13-14-4-6-15(13)2/h4,6,11-12,17H,3,5,7-10H2,1-2H3. The van der Waals surface area contributed by atoms with Crippen LogP contribution in [0.15, 0.2) is 12.4 Å². The van der Waals surface area contributed by atoms with Crippen LogP contribution in [-0.4, -0.2) is 58.0 Å². The van der Waals surface area contributed by atoms with Crippen molar-refractivity contribution in [3.8, 4) is 0 Å². The molecule has 0 aliphatic carbocycles. The van der Waals surface area contributed by atoms with E-state index in [0.29, 0.717) is 13.0 Å². The molecule has 1 aromatic rings. The number of rotatable bonds is 5. The molecule has 5 heteroatoms. The van der Waals surface area contributed by atoms with E-state index in [4.69, 9.17) is 4.74 Å². The summed E-state index contributed by atoms with van der Waals surface area (Å²) >= 11 is 0. The number of aliphatic hydroxyl groups excluding tert-OH is 1. The van der Waals surface area contributed by atoms with Crippen LogP contribution in [0.3, 0.4) is 0 Å². The van der Waals surface area contributed by atoms with E-state index in [1.165, 1.54) is 0 Å². The molecule has 0 amide bonds. The maximum absolute atomic E-state index is 10.3. The Bertz CT molecular complexity index is 365. The number of ether oxygens (including phenoxy) is 1. The highest BCUT2D eigenvalue weighted by molar-refractivity contribution is 4.95. The maximum Gasteiger partial charge on any atom is 0.111 e. The molecule has 0 saturated carbocycles. The molecule has 2 atom stereocenters. The lowest BCUT2D eigenvalue weighted by atomic mass is 10.1. The van der Waals surface area contributed by atoms with Gasteiger partial charge in [-0.05, 0) is 13.0 Å². The van der Waals surface area contributed by atoms with Crippen molar-refractivity contribution >= 4 is 0 Å². The molecule has 1 fully saturated rings. The molecule has 1 aliphatic heterocycles. The fourth-order valence-corrected chi connectivity index (χ4v) is 2.40. The van der Waals surface area contributed by atoms with E-state index in [2.05, 4.69) is 16.8 Å². The summed E-state index contributed by atoms with van der Waals surface area (Å²) in [4.78, 5) is 6.60. The number of nitrogens with zero attached hydrogens (tertiary/aromatic N) is 3. The minimum atomic E-state index is -0.481. The molecule has 0 radical (unpaired) electrons. The van der Waals surface area contributed by atoms with Gasteiger partial charge < -0.3 is 14.4 Å². The Kier molecular flexibility index (Phi) is 4.74. The number of aryl methyl sites for hydroxylation is 1. The Balaban J connectivity index is 1.88. The predicted molar refractivity (Wildman–Crippen MR) is 69.4 cm³/mol. The Morgan fingerprint density at radius 1 is 1.61 bits per heavy atom. The van der Waals surface area contributed by atoms with Crippen molar-refractivity contribution in [3.05, 3.63) is 18.2 Å². The summed E-state index contributed by atoms with van der Waals surface area (Å²) in [6.45, 7) is 5.75. The van der Waals surface area contributed by atoms with E-state index in [-0.39, 0.29) is 6.10 Å². The van der Waals surface area contributed by atoms with E-state index < -0.39 is 6.10 Å². The van der Waals surface area contributed by atoms with Gasteiger partial charge >= 0.3 is 0 Å². The van der Waals surface area contributed by atoms with Gasteiger partial charge in [-0.25, -0.2) is 4.98 Å². The number of aliphatic hydroxyl groups is 1. The first-order valence-electron chi connectivity index (χ1n) is 6.69. The van der Waals surface area contributed by atoms with Gasteiger partial charge in [-0.1, -0.05) is 6.92 Å². The highest BCUT2D eigenvalue weighted by Gasteiger charge is 2.27. The van der Waals surface area contributed by atoms with E-state index in [1.54, 1.807) is 6.20 Å². The molecule has 2 unspecified atom stereocenters. The Labute approximate surface area is 108 Å². The lowest BCUT2D eigenvalue weighted by molar-refractivity contribution is -0.0883. The van der Waals surface area contributed by atoms with E-state index in [1.807, 2.05) is 17.8 Å². The zero-order valence-corrected chi connectivity index (χ0v) is 11.2. The monoisotopic (exact) mass is 253 g/mol. The third-order valence-corrected chi connectivity index (χ3v) is 3.46. The number of hydrogen-bond donors (Lipinski definition) is 1. The van der Waals surface area contributed by atoms with Crippen LogP contribution >= 0.6 is 0 Å².